The van der Waals surface area contributed by atoms with E-state index in [-0.39, 0.29) is 0 Å². The standard InChI is InChI=1S/C13H21N3/c1-11-5-6-13(14-9-11)15-12(2)10-16-7-3-4-8-16/h5-6,9,12H,3-4,7-8,10H2,1-2H3,(H,14,15). The van der Waals surface area contributed by atoms with Gasteiger partial charge in [0.05, 0.1) is 0 Å². The number of nitrogens with one attached hydrogen (secondary N) is 1. The number of anilines is 1. The average molecular weight is 219 g/mol. The van der Waals surface area contributed by atoms with Gasteiger partial charge in [0.15, 0.2) is 0 Å². The number of pyridine rings is 1. The number of hydrogen-bond donors (Lipinski definition) is 1. The van der Waals surface area contributed by atoms with Gasteiger partial charge in [-0.15, -0.1) is 0 Å². The summed E-state index contributed by atoms with van der Waals surface area (Å²) in [5, 5.41) is 3.44. The Balaban J connectivity index is 1.81. The van der Waals surface area contributed by atoms with E-state index in [4.69, 9.17) is 0 Å². The van der Waals surface area contributed by atoms with Crippen LogP contribution in [0.15, 0.2) is 18.3 Å². The maximum absolute atomic E-state index is 4.36. The molecule has 0 aromatic carbocycles. The highest BCUT2D eigenvalue weighted by molar-refractivity contribution is 5.36. The minimum atomic E-state index is 0.466. The van der Waals surface area contributed by atoms with Crippen molar-refractivity contribution in [1.29, 1.82) is 0 Å². The first kappa shape index (κ1) is 11.4. The van der Waals surface area contributed by atoms with Crippen molar-refractivity contribution in [2.24, 2.45) is 0 Å². The summed E-state index contributed by atoms with van der Waals surface area (Å²) < 4.78 is 0. The first-order valence-corrected chi connectivity index (χ1v) is 6.15. The number of likely N-dealkylation sites (tertiary alicyclic amines) is 1. The summed E-state index contributed by atoms with van der Waals surface area (Å²) >= 11 is 0. The monoisotopic (exact) mass is 219 g/mol. The summed E-state index contributed by atoms with van der Waals surface area (Å²) in [4.78, 5) is 6.88. The Morgan fingerprint density at radius 1 is 1.38 bits per heavy atom. The lowest BCUT2D eigenvalue weighted by Crippen LogP contribution is -2.33. The highest BCUT2D eigenvalue weighted by Crippen LogP contribution is 2.10. The zero-order valence-electron chi connectivity index (χ0n) is 10.2. The fourth-order valence-electron chi connectivity index (χ4n) is 2.20. The molecule has 1 aromatic rings. The quantitative estimate of drug-likeness (QED) is 0.842. The highest BCUT2D eigenvalue weighted by Gasteiger charge is 2.14. The average Bonchev–Trinajstić information content (AvgIpc) is 2.74. The Morgan fingerprint density at radius 3 is 2.75 bits per heavy atom. The molecule has 1 aliphatic heterocycles. The first-order chi connectivity index (χ1) is 7.74. The summed E-state index contributed by atoms with van der Waals surface area (Å²) in [5.41, 5.74) is 1.21. The predicted octanol–water partition coefficient (Wildman–Crippen LogP) is 2.29. The smallest absolute Gasteiger partial charge is 0.126 e. The maximum Gasteiger partial charge on any atom is 0.126 e. The number of rotatable bonds is 4. The second-order valence-corrected chi connectivity index (χ2v) is 4.77. The van der Waals surface area contributed by atoms with Crippen LogP contribution in [0.5, 0.6) is 0 Å². The Kier molecular flexibility index (Phi) is 3.78. The third kappa shape index (κ3) is 3.20. The van der Waals surface area contributed by atoms with Crippen LogP contribution >= 0.6 is 0 Å². The van der Waals surface area contributed by atoms with E-state index in [1.54, 1.807) is 0 Å². The van der Waals surface area contributed by atoms with E-state index in [9.17, 15) is 0 Å². The molecule has 0 spiro atoms. The zero-order chi connectivity index (χ0) is 11.4. The molecule has 0 bridgehead atoms. The molecule has 1 unspecified atom stereocenters. The molecule has 1 fully saturated rings. The van der Waals surface area contributed by atoms with Crippen LogP contribution in [0.25, 0.3) is 0 Å². The zero-order valence-corrected chi connectivity index (χ0v) is 10.2. The molecule has 3 nitrogen and oxygen atoms in total. The molecule has 1 atom stereocenters. The Morgan fingerprint density at radius 2 is 2.12 bits per heavy atom. The van der Waals surface area contributed by atoms with Gasteiger partial charge in [0.2, 0.25) is 0 Å². The molecule has 1 N–H and O–H groups in total. The first-order valence-electron chi connectivity index (χ1n) is 6.15. The van der Waals surface area contributed by atoms with E-state index >= 15 is 0 Å². The normalized spacial score (nSPS) is 18.6. The van der Waals surface area contributed by atoms with Crippen molar-refractivity contribution in [2.45, 2.75) is 32.7 Å². The van der Waals surface area contributed by atoms with Crippen LogP contribution in [0.1, 0.15) is 25.3 Å². The van der Waals surface area contributed by atoms with Gasteiger partial charge in [-0.2, -0.15) is 0 Å². The lowest BCUT2D eigenvalue weighted by atomic mass is 10.3. The minimum Gasteiger partial charge on any atom is -0.366 e. The fourth-order valence-corrected chi connectivity index (χ4v) is 2.20. The molecular weight excluding hydrogens is 198 g/mol. The van der Waals surface area contributed by atoms with Crippen LogP contribution < -0.4 is 5.32 Å². The van der Waals surface area contributed by atoms with Crippen LogP contribution in [0.2, 0.25) is 0 Å². The van der Waals surface area contributed by atoms with Crippen molar-refractivity contribution < 1.29 is 0 Å². The third-order valence-electron chi connectivity index (χ3n) is 3.04. The van der Waals surface area contributed by atoms with Crippen LogP contribution in [0.3, 0.4) is 0 Å². The molecule has 3 heteroatoms. The summed E-state index contributed by atoms with van der Waals surface area (Å²) in [6, 6.07) is 4.61. The SMILES string of the molecule is Cc1ccc(NC(C)CN2CCCC2)nc1. The fraction of sp³-hybridized carbons (Fsp3) is 0.615. The highest BCUT2D eigenvalue weighted by atomic mass is 15.2. The molecule has 88 valence electrons. The van der Waals surface area contributed by atoms with Gasteiger partial charge in [-0.05, 0) is 51.4 Å². The van der Waals surface area contributed by atoms with Crippen LogP contribution in [-0.2, 0) is 0 Å². The number of nitrogens with zero attached hydrogens (tertiary/aromatic N) is 2. The van der Waals surface area contributed by atoms with Crippen molar-refractivity contribution in [1.82, 2.24) is 9.88 Å². The van der Waals surface area contributed by atoms with Gasteiger partial charge >= 0.3 is 0 Å². The lowest BCUT2D eigenvalue weighted by Gasteiger charge is -2.21. The van der Waals surface area contributed by atoms with Crippen LogP contribution in [0, 0.1) is 6.92 Å². The molecule has 0 radical (unpaired) electrons. The van der Waals surface area contributed by atoms with Crippen LogP contribution in [-0.4, -0.2) is 35.6 Å². The molecule has 0 aliphatic carbocycles. The summed E-state index contributed by atoms with van der Waals surface area (Å²) in [7, 11) is 0. The van der Waals surface area contributed by atoms with Gasteiger partial charge in [0.25, 0.3) is 0 Å². The number of aromatic nitrogens is 1. The van der Waals surface area contributed by atoms with Gasteiger partial charge in [-0.3, -0.25) is 0 Å². The second-order valence-electron chi connectivity index (χ2n) is 4.77. The van der Waals surface area contributed by atoms with E-state index in [0.29, 0.717) is 6.04 Å². The van der Waals surface area contributed by atoms with E-state index < -0.39 is 0 Å². The van der Waals surface area contributed by atoms with Gasteiger partial charge in [-0.25, -0.2) is 4.98 Å². The molecule has 16 heavy (non-hydrogen) atoms. The van der Waals surface area contributed by atoms with Crippen molar-refractivity contribution in [2.75, 3.05) is 25.0 Å². The van der Waals surface area contributed by atoms with Crippen molar-refractivity contribution in [3.05, 3.63) is 23.9 Å². The van der Waals surface area contributed by atoms with Gasteiger partial charge in [0.1, 0.15) is 5.82 Å². The molecule has 2 rings (SSSR count). The lowest BCUT2D eigenvalue weighted by molar-refractivity contribution is 0.327. The Bertz CT molecular complexity index is 314. The number of aryl methyl sites for hydroxylation is 1. The summed E-state index contributed by atoms with van der Waals surface area (Å²) in [5.74, 6) is 0.984. The van der Waals surface area contributed by atoms with Crippen LogP contribution in [0.4, 0.5) is 5.82 Å². The van der Waals surface area contributed by atoms with E-state index in [0.717, 1.165) is 12.4 Å². The van der Waals surface area contributed by atoms with E-state index in [2.05, 4.69) is 41.2 Å². The van der Waals surface area contributed by atoms with Gasteiger partial charge in [-0.1, -0.05) is 6.07 Å². The summed E-state index contributed by atoms with van der Waals surface area (Å²) in [6.45, 7) is 7.92. The number of hydrogen-bond acceptors (Lipinski definition) is 3. The molecular formula is C13H21N3. The van der Waals surface area contributed by atoms with E-state index in [1.165, 1.54) is 31.5 Å². The molecule has 1 aromatic heterocycles. The Labute approximate surface area is 97.9 Å². The van der Waals surface area contributed by atoms with Crippen molar-refractivity contribution >= 4 is 5.82 Å². The largest absolute Gasteiger partial charge is 0.366 e. The van der Waals surface area contributed by atoms with E-state index in [1.807, 2.05) is 6.20 Å². The third-order valence-corrected chi connectivity index (χ3v) is 3.04. The Hall–Kier alpha value is -1.09. The van der Waals surface area contributed by atoms with Crippen molar-refractivity contribution in [3.63, 3.8) is 0 Å². The minimum absolute atomic E-state index is 0.466. The maximum atomic E-state index is 4.36. The topological polar surface area (TPSA) is 28.2 Å². The molecule has 0 saturated carbocycles. The molecule has 0 amide bonds. The van der Waals surface area contributed by atoms with Crippen molar-refractivity contribution in [3.8, 4) is 0 Å². The molecule has 1 saturated heterocycles. The molecule has 1 aliphatic rings. The predicted molar refractivity (Wildman–Crippen MR) is 67.7 cm³/mol. The van der Waals surface area contributed by atoms with Gasteiger partial charge in [0, 0.05) is 18.8 Å². The summed E-state index contributed by atoms with van der Waals surface area (Å²) in [6.07, 6.45) is 4.62. The second kappa shape index (κ2) is 5.30. The van der Waals surface area contributed by atoms with Gasteiger partial charge < -0.3 is 10.2 Å². The molecule has 2 heterocycles.